The lowest BCUT2D eigenvalue weighted by atomic mass is 10.2. The first kappa shape index (κ1) is 11.5. The van der Waals surface area contributed by atoms with E-state index in [1.807, 2.05) is 12.1 Å². The van der Waals surface area contributed by atoms with Gasteiger partial charge in [0.05, 0.1) is 12.8 Å². The molecule has 1 N–H and O–H groups in total. The second kappa shape index (κ2) is 4.94. The summed E-state index contributed by atoms with van der Waals surface area (Å²) in [5.41, 5.74) is 1.09. The third-order valence-corrected chi connectivity index (χ3v) is 3.30. The predicted octanol–water partition coefficient (Wildman–Crippen LogP) is 0.876. The summed E-state index contributed by atoms with van der Waals surface area (Å²) in [6.07, 6.45) is 0. The fourth-order valence-corrected chi connectivity index (χ4v) is 2.38. The van der Waals surface area contributed by atoms with E-state index in [0.717, 1.165) is 49.1 Å². The van der Waals surface area contributed by atoms with Gasteiger partial charge in [0, 0.05) is 38.3 Å². The van der Waals surface area contributed by atoms with Crippen LogP contribution in [0.3, 0.4) is 0 Å². The molecular formula is C13H18N2O3. The maximum Gasteiger partial charge on any atom is 0.165 e. The van der Waals surface area contributed by atoms with Crippen molar-refractivity contribution in [2.24, 2.45) is 0 Å². The van der Waals surface area contributed by atoms with Crippen LogP contribution in [0.4, 0.5) is 5.69 Å². The highest BCUT2D eigenvalue weighted by Crippen LogP contribution is 2.41. The minimum absolute atomic E-state index is 0.600. The van der Waals surface area contributed by atoms with Gasteiger partial charge in [-0.25, -0.2) is 0 Å². The van der Waals surface area contributed by atoms with Crippen molar-refractivity contribution in [1.29, 1.82) is 0 Å². The van der Waals surface area contributed by atoms with E-state index in [1.165, 1.54) is 0 Å². The minimum atomic E-state index is 0.600. The zero-order chi connectivity index (χ0) is 12.4. The number of rotatable bonds is 2. The smallest absolute Gasteiger partial charge is 0.165 e. The van der Waals surface area contributed by atoms with E-state index < -0.39 is 0 Å². The van der Waals surface area contributed by atoms with Gasteiger partial charge in [-0.15, -0.1) is 0 Å². The van der Waals surface area contributed by atoms with Gasteiger partial charge in [-0.3, -0.25) is 0 Å². The molecule has 0 unspecified atom stereocenters. The molecule has 0 radical (unpaired) electrons. The molecule has 0 amide bonds. The van der Waals surface area contributed by atoms with Crippen molar-refractivity contribution in [1.82, 2.24) is 5.32 Å². The Morgan fingerprint density at radius 2 is 1.78 bits per heavy atom. The molecular weight excluding hydrogens is 232 g/mol. The molecule has 98 valence electrons. The lowest BCUT2D eigenvalue weighted by molar-refractivity contribution is 0.171. The molecule has 1 saturated heterocycles. The van der Waals surface area contributed by atoms with E-state index in [0.29, 0.717) is 13.2 Å². The Balaban J connectivity index is 1.95. The summed E-state index contributed by atoms with van der Waals surface area (Å²) in [5, 5.41) is 3.35. The van der Waals surface area contributed by atoms with E-state index in [4.69, 9.17) is 14.2 Å². The van der Waals surface area contributed by atoms with Crippen LogP contribution in [0.5, 0.6) is 17.2 Å². The fourth-order valence-electron chi connectivity index (χ4n) is 2.38. The lowest BCUT2D eigenvalue weighted by Gasteiger charge is -2.31. The quantitative estimate of drug-likeness (QED) is 0.844. The van der Waals surface area contributed by atoms with Crippen LogP contribution in [-0.2, 0) is 0 Å². The topological polar surface area (TPSA) is 43.0 Å². The maximum absolute atomic E-state index is 5.63. The van der Waals surface area contributed by atoms with E-state index >= 15 is 0 Å². The Morgan fingerprint density at radius 1 is 1.11 bits per heavy atom. The zero-order valence-electron chi connectivity index (χ0n) is 10.6. The number of benzene rings is 1. The summed E-state index contributed by atoms with van der Waals surface area (Å²) in [5.74, 6) is 2.44. The number of hydrogen-bond acceptors (Lipinski definition) is 5. The predicted molar refractivity (Wildman–Crippen MR) is 69.1 cm³/mol. The molecule has 2 aliphatic rings. The molecule has 0 aromatic heterocycles. The van der Waals surface area contributed by atoms with Crippen LogP contribution < -0.4 is 24.4 Å². The van der Waals surface area contributed by atoms with Crippen LogP contribution in [0.2, 0.25) is 0 Å². The van der Waals surface area contributed by atoms with Gasteiger partial charge < -0.3 is 24.4 Å². The summed E-state index contributed by atoms with van der Waals surface area (Å²) < 4.78 is 16.7. The van der Waals surface area contributed by atoms with Crippen molar-refractivity contribution >= 4 is 5.69 Å². The van der Waals surface area contributed by atoms with Crippen LogP contribution in [0, 0.1) is 0 Å². The van der Waals surface area contributed by atoms with Gasteiger partial charge in [-0.05, 0) is 0 Å². The molecule has 5 nitrogen and oxygen atoms in total. The molecule has 0 atom stereocenters. The highest BCUT2D eigenvalue weighted by molar-refractivity contribution is 5.66. The number of piperazine rings is 1. The third kappa shape index (κ3) is 2.06. The van der Waals surface area contributed by atoms with Gasteiger partial charge in [-0.1, -0.05) is 0 Å². The standard InChI is InChI=1S/C13H18N2O3/c1-16-11-9-13-12(17-6-7-18-13)8-10(11)15-4-2-14-3-5-15/h8-9,14H,2-7H2,1H3. The van der Waals surface area contributed by atoms with Crippen LogP contribution >= 0.6 is 0 Å². The molecule has 0 aliphatic carbocycles. The van der Waals surface area contributed by atoms with Crippen molar-refractivity contribution in [3.8, 4) is 17.2 Å². The molecule has 18 heavy (non-hydrogen) atoms. The minimum Gasteiger partial charge on any atom is -0.494 e. The Kier molecular flexibility index (Phi) is 3.15. The molecule has 1 fully saturated rings. The summed E-state index contributed by atoms with van der Waals surface area (Å²) >= 11 is 0. The van der Waals surface area contributed by atoms with E-state index in [1.54, 1.807) is 7.11 Å². The number of ether oxygens (including phenoxy) is 3. The summed E-state index contributed by atoms with van der Waals surface area (Å²) in [7, 11) is 1.69. The highest BCUT2D eigenvalue weighted by atomic mass is 16.6. The molecule has 1 aromatic rings. The summed E-state index contributed by atoms with van der Waals surface area (Å²) in [4.78, 5) is 2.31. The largest absolute Gasteiger partial charge is 0.494 e. The van der Waals surface area contributed by atoms with Crippen LogP contribution in [0.1, 0.15) is 0 Å². The molecule has 2 aliphatic heterocycles. The third-order valence-electron chi connectivity index (χ3n) is 3.30. The Morgan fingerprint density at radius 3 is 2.44 bits per heavy atom. The van der Waals surface area contributed by atoms with Gasteiger partial charge in [0.15, 0.2) is 11.5 Å². The number of nitrogens with one attached hydrogen (secondary N) is 1. The fraction of sp³-hybridized carbons (Fsp3) is 0.538. The first-order chi connectivity index (χ1) is 8.88. The average Bonchev–Trinajstić information content (AvgIpc) is 2.46. The SMILES string of the molecule is COc1cc2c(cc1N1CCNCC1)OCCO2. The molecule has 0 bridgehead atoms. The van der Waals surface area contributed by atoms with Gasteiger partial charge in [0.2, 0.25) is 0 Å². The summed E-state index contributed by atoms with van der Waals surface area (Å²) in [6.45, 7) is 5.17. The van der Waals surface area contributed by atoms with E-state index in [-0.39, 0.29) is 0 Å². The average molecular weight is 250 g/mol. The number of hydrogen-bond donors (Lipinski definition) is 1. The molecule has 1 aromatic carbocycles. The monoisotopic (exact) mass is 250 g/mol. The van der Waals surface area contributed by atoms with Crippen LogP contribution in [0.15, 0.2) is 12.1 Å². The van der Waals surface area contributed by atoms with Crippen LogP contribution in [-0.4, -0.2) is 46.5 Å². The van der Waals surface area contributed by atoms with Crippen molar-refractivity contribution in [3.63, 3.8) is 0 Å². The second-order valence-corrected chi connectivity index (χ2v) is 4.40. The van der Waals surface area contributed by atoms with Crippen molar-refractivity contribution in [2.75, 3.05) is 51.4 Å². The Hall–Kier alpha value is -1.62. The van der Waals surface area contributed by atoms with Crippen molar-refractivity contribution < 1.29 is 14.2 Å². The number of methoxy groups -OCH3 is 1. The number of nitrogens with zero attached hydrogens (tertiary/aromatic N) is 1. The molecule has 2 heterocycles. The number of anilines is 1. The van der Waals surface area contributed by atoms with E-state index in [9.17, 15) is 0 Å². The first-order valence-electron chi connectivity index (χ1n) is 6.32. The number of fused-ring (bicyclic) bond motifs is 1. The Bertz CT molecular complexity index is 430. The Labute approximate surface area is 107 Å². The van der Waals surface area contributed by atoms with E-state index in [2.05, 4.69) is 10.2 Å². The first-order valence-corrected chi connectivity index (χ1v) is 6.32. The van der Waals surface area contributed by atoms with Gasteiger partial charge in [0.1, 0.15) is 19.0 Å². The lowest BCUT2D eigenvalue weighted by Crippen LogP contribution is -2.43. The molecule has 0 spiro atoms. The molecule has 3 rings (SSSR count). The second-order valence-electron chi connectivity index (χ2n) is 4.40. The van der Waals surface area contributed by atoms with Crippen LogP contribution in [0.25, 0.3) is 0 Å². The highest BCUT2D eigenvalue weighted by Gasteiger charge is 2.20. The van der Waals surface area contributed by atoms with Gasteiger partial charge in [0.25, 0.3) is 0 Å². The normalized spacial score (nSPS) is 18.6. The molecule has 5 heteroatoms. The van der Waals surface area contributed by atoms with Gasteiger partial charge in [-0.2, -0.15) is 0 Å². The molecule has 0 saturated carbocycles. The zero-order valence-corrected chi connectivity index (χ0v) is 10.6. The maximum atomic E-state index is 5.63. The van der Waals surface area contributed by atoms with Crippen molar-refractivity contribution in [3.05, 3.63) is 12.1 Å². The summed E-state index contributed by atoms with van der Waals surface area (Å²) in [6, 6.07) is 3.95. The van der Waals surface area contributed by atoms with Crippen molar-refractivity contribution in [2.45, 2.75) is 0 Å². The van der Waals surface area contributed by atoms with Gasteiger partial charge >= 0.3 is 0 Å².